The summed E-state index contributed by atoms with van der Waals surface area (Å²) in [5.74, 6) is -0.138. The second-order valence-corrected chi connectivity index (χ2v) is 4.21. The van der Waals surface area contributed by atoms with E-state index in [2.05, 4.69) is 15.6 Å². The molecule has 1 aromatic heterocycles. The average Bonchev–Trinajstić information content (AvgIpc) is 2.77. The van der Waals surface area contributed by atoms with E-state index in [0.717, 1.165) is 11.4 Å². The molecule has 0 aromatic carbocycles. The summed E-state index contributed by atoms with van der Waals surface area (Å²) < 4.78 is 5.31. The standard InChI is InChI=1S/C12H17N3O2/c1-8-5-9(3-4-14-8)15-12(16)10-6-17-7-11(10)13-2/h3-5,10-11,13H,6-7H2,1-2H3,(H,14,15,16). The highest BCUT2D eigenvalue weighted by atomic mass is 16.5. The topological polar surface area (TPSA) is 63.2 Å². The normalized spacial score (nSPS) is 23.6. The van der Waals surface area contributed by atoms with Gasteiger partial charge in [0.05, 0.1) is 19.1 Å². The Bertz CT molecular complexity index is 408. The number of nitrogens with one attached hydrogen (secondary N) is 2. The molecular formula is C12H17N3O2. The highest BCUT2D eigenvalue weighted by Gasteiger charge is 2.32. The summed E-state index contributed by atoms with van der Waals surface area (Å²) in [5, 5.41) is 5.98. The van der Waals surface area contributed by atoms with E-state index in [9.17, 15) is 4.79 Å². The second-order valence-electron chi connectivity index (χ2n) is 4.21. The Hall–Kier alpha value is -1.46. The fourth-order valence-corrected chi connectivity index (χ4v) is 1.96. The molecule has 0 radical (unpaired) electrons. The second kappa shape index (κ2) is 5.25. The number of nitrogens with zero attached hydrogens (tertiary/aromatic N) is 1. The minimum Gasteiger partial charge on any atom is -0.379 e. The van der Waals surface area contributed by atoms with Gasteiger partial charge in [-0.05, 0) is 26.1 Å². The number of rotatable bonds is 3. The Morgan fingerprint density at radius 1 is 1.53 bits per heavy atom. The first-order valence-electron chi connectivity index (χ1n) is 5.69. The van der Waals surface area contributed by atoms with Crippen molar-refractivity contribution in [1.82, 2.24) is 10.3 Å². The van der Waals surface area contributed by atoms with Crippen molar-refractivity contribution in [2.24, 2.45) is 5.92 Å². The third-order valence-corrected chi connectivity index (χ3v) is 2.95. The van der Waals surface area contributed by atoms with Crippen LogP contribution >= 0.6 is 0 Å². The molecule has 5 nitrogen and oxygen atoms in total. The van der Waals surface area contributed by atoms with Gasteiger partial charge in [-0.3, -0.25) is 9.78 Å². The van der Waals surface area contributed by atoms with E-state index in [1.165, 1.54) is 0 Å². The molecule has 2 heterocycles. The van der Waals surface area contributed by atoms with Crippen LogP contribution < -0.4 is 10.6 Å². The van der Waals surface area contributed by atoms with Crippen molar-refractivity contribution >= 4 is 11.6 Å². The van der Waals surface area contributed by atoms with Gasteiger partial charge in [-0.25, -0.2) is 0 Å². The van der Waals surface area contributed by atoms with Crippen LogP contribution in [0.15, 0.2) is 18.3 Å². The van der Waals surface area contributed by atoms with Crippen molar-refractivity contribution in [3.8, 4) is 0 Å². The molecule has 1 aliphatic rings. The molecule has 1 saturated heterocycles. The van der Waals surface area contributed by atoms with Crippen molar-refractivity contribution in [3.05, 3.63) is 24.0 Å². The largest absolute Gasteiger partial charge is 0.379 e. The third kappa shape index (κ3) is 2.81. The summed E-state index contributed by atoms with van der Waals surface area (Å²) >= 11 is 0. The van der Waals surface area contributed by atoms with E-state index < -0.39 is 0 Å². The molecule has 0 saturated carbocycles. The van der Waals surface area contributed by atoms with Gasteiger partial charge in [-0.2, -0.15) is 0 Å². The summed E-state index contributed by atoms with van der Waals surface area (Å²) in [6, 6.07) is 3.73. The summed E-state index contributed by atoms with van der Waals surface area (Å²) in [7, 11) is 1.84. The predicted octanol–water partition coefficient (Wildman–Crippen LogP) is 0.563. The van der Waals surface area contributed by atoms with Crippen LogP contribution in [0.3, 0.4) is 0 Å². The summed E-state index contributed by atoms with van der Waals surface area (Å²) in [4.78, 5) is 16.1. The molecule has 5 heteroatoms. The SMILES string of the molecule is CNC1COCC1C(=O)Nc1ccnc(C)c1. The van der Waals surface area contributed by atoms with E-state index in [1.807, 2.05) is 20.0 Å². The fourth-order valence-electron chi connectivity index (χ4n) is 1.96. The Labute approximate surface area is 101 Å². The lowest BCUT2D eigenvalue weighted by Gasteiger charge is -2.16. The molecule has 1 aliphatic heterocycles. The molecule has 1 amide bonds. The summed E-state index contributed by atoms with van der Waals surface area (Å²) in [6.07, 6.45) is 1.69. The highest BCUT2D eigenvalue weighted by molar-refractivity contribution is 5.93. The summed E-state index contributed by atoms with van der Waals surface area (Å²) in [5.41, 5.74) is 1.67. The molecule has 2 atom stereocenters. The lowest BCUT2D eigenvalue weighted by Crippen LogP contribution is -2.39. The number of carbonyl (C=O) groups excluding carboxylic acids is 1. The van der Waals surface area contributed by atoms with Crippen LogP contribution in [0.4, 0.5) is 5.69 Å². The van der Waals surface area contributed by atoms with Gasteiger partial charge in [-0.1, -0.05) is 0 Å². The number of aryl methyl sites for hydroxylation is 1. The van der Waals surface area contributed by atoms with E-state index in [-0.39, 0.29) is 17.9 Å². The molecule has 17 heavy (non-hydrogen) atoms. The Balaban J connectivity index is 2.01. The number of likely N-dealkylation sites (N-methyl/N-ethyl adjacent to an activating group) is 1. The fraction of sp³-hybridized carbons (Fsp3) is 0.500. The molecular weight excluding hydrogens is 218 g/mol. The van der Waals surface area contributed by atoms with Crippen LogP contribution in [0.25, 0.3) is 0 Å². The number of anilines is 1. The van der Waals surface area contributed by atoms with Gasteiger partial charge in [0.1, 0.15) is 0 Å². The van der Waals surface area contributed by atoms with Crippen LogP contribution in [-0.2, 0) is 9.53 Å². The quantitative estimate of drug-likeness (QED) is 0.803. The zero-order chi connectivity index (χ0) is 12.3. The lowest BCUT2D eigenvalue weighted by atomic mass is 10.0. The van der Waals surface area contributed by atoms with Gasteiger partial charge in [0.15, 0.2) is 0 Å². The number of amides is 1. The predicted molar refractivity (Wildman–Crippen MR) is 64.8 cm³/mol. The number of carbonyl (C=O) groups is 1. The Morgan fingerprint density at radius 3 is 3.06 bits per heavy atom. The minimum absolute atomic E-state index is 0.00699. The zero-order valence-corrected chi connectivity index (χ0v) is 10.1. The molecule has 2 unspecified atom stereocenters. The third-order valence-electron chi connectivity index (χ3n) is 2.95. The molecule has 0 spiro atoms. The lowest BCUT2D eigenvalue weighted by molar-refractivity contribution is -0.120. The molecule has 0 aliphatic carbocycles. The van der Waals surface area contributed by atoms with Crippen LogP contribution in [0, 0.1) is 12.8 Å². The van der Waals surface area contributed by atoms with Crippen LogP contribution in [0.2, 0.25) is 0 Å². The first-order valence-corrected chi connectivity index (χ1v) is 5.69. The number of ether oxygens (including phenoxy) is 1. The van der Waals surface area contributed by atoms with Gasteiger partial charge in [0.25, 0.3) is 0 Å². The van der Waals surface area contributed by atoms with Gasteiger partial charge >= 0.3 is 0 Å². The van der Waals surface area contributed by atoms with Gasteiger partial charge in [0, 0.05) is 23.6 Å². The maximum Gasteiger partial charge on any atom is 0.231 e. The van der Waals surface area contributed by atoms with Gasteiger partial charge < -0.3 is 15.4 Å². The minimum atomic E-state index is -0.131. The maximum absolute atomic E-state index is 12.0. The van der Waals surface area contributed by atoms with Crippen molar-refractivity contribution < 1.29 is 9.53 Å². The summed E-state index contributed by atoms with van der Waals surface area (Å²) in [6.45, 7) is 2.95. The van der Waals surface area contributed by atoms with Crippen LogP contribution in [0.5, 0.6) is 0 Å². The Morgan fingerprint density at radius 2 is 2.35 bits per heavy atom. The van der Waals surface area contributed by atoms with Gasteiger partial charge in [-0.15, -0.1) is 0 Å². The van der Waals surface area contributed by atoms with E-state index in [4.69, 9.17) is 4.74 Å². The van der Waals surface area contributed by atoms with Crippen LogP contribution in [-0.4, -0.2) is 37.2 Å². The zero-order valence-electron chi connectivity index (χ0n) is 10.1. The van der Waals surface area contributed by atoms with Crippen molar-refractivity contribution in [3.63, 3.8) is 0 Å². The highest BCUT2D eigenvalue weighted by Crippen LogP contribution is 2.16. The van der Waals surface area contributed by atoms with Gasteiger partial charge in [0.2, 0.25) is 5.91 Å². The first kappa shape index (κ1) is 12.0. The van der Waals surface area contributed by atoms with Crippen molar-refractivity contribution in [2.75, 3.05) is 25.6 Å². The average molecular weight is 235 g/mol. The first-order chi connectivity index (χ1) is 8.20. The maximum atomic E-state index is 12.0. The van der Waals surface area contributed by atoms with Crippen molar-refractivity contribution in [1.29, 1.82) is 0 Å². The molecule has 2 N–H and O–H groups in total. The van der Waals surface area contributed by atoms with E-state index in [1.54, 1.807) is 12.3 Å². The molecule has 0 bridgehead atoms. The molecule has 2 rings (SSSR count). The van der Waals surface area contributed by atoms with E-state index in [0.29, 0.717) is 13.2 Å². The molecule has 1 fully saturated rings. The number of hydrogen-bond acceptors (Lipinski definition) is 4. The van der Waals surface area contributed by atoms with Crippen LogP contribution in [0.1, 0.15) is 5.69 Å². The monoisotopic (exact) mass is 235 g/mol. The van der Waals surface area contributed by atoms with E-state index >= 15 is 0 Å². The Kier molecular flexibility index (Phi) is 3.71. The number of pyridine rings is 1. The molecule has 92 valence electrons. The molecule has 1 aromatic rings. The number of aromatic nitrogens is 1. The van der Waals surface area contributed by atoms with Crippen molar-refractivity contribution in [2.45, 2.75) is 13.0 Å². The smallest absolute Gasteiger partial charge is 0.231 e. The number of hydrogen-bond donors (Lipinski definition) is 2.